The monoisotopic (exact) mass is 300 g/mol. The van der Waals surface area contributed by atoms with Gasteiger partial charge in [-0.15, -0.1) is 11.3 Å². The summed E-state index contributed by atoms with van der Waals surface area (Å²) in [6.45, 7) is 6.42. The van der Waals surface area contributed by atoms with E-state index in [1.165, 1.54) is 0 Å². The van der Waals surface area contributed by atoms with Crippen LogP contribution in [0, 0.1) is 5.92 Å². The van der Waals surface area contributed by atoms with E-state index in [0.29, 0.717) is 6.61 Å². The Morgan fingerprint density at radius 3 is 2.70 bits per heavy atom. The number of hydrogen-bond acceptors (Lipinski definition) is 6. The molecule has 0 aromatic carbocycles. The minimum absolute atomic E-state index is 0.0970. The maximum atomic E-state index is 12.1. The number of esters is 1. The van der Waals surface area contributed by atoms with Crippen molar-refractivity contribution in [3.8, 4) is 0 Å². The van der Waals surface area contributed by atoms with Crippen molar-refractivity contribution in [3.63, 3.8) is 0 Å². The predicted octanol–water partition coefficient (Wildman–Crippen LogP) is 1.72. The summed E-state index contributed by atoms with van der Waals surface area (Å²) < 4.78 is 9.91. The molecule has 1 N–H and O–H groups in total. The average Bonchev–Trinajstić information content (AvgIpc) is 2.88. The van der Waals surface area contributed by atoms with Crippen LogP contribution in [0.1, 0.15) is 41.1 Å². The topological polar surface area (TPSA) is 77.5 Å². The highest BCUT2D eigenvalue weighted by molar-refractivity contribution is 7.11. The van der Waals surface area contributed by atoms with E-state index in [4.69, 9.17) is 9.47 Å². The van der Waals surface area contributed by atoms with Gasteiger partial charge in [-0.1, -0.05) is 13.8 Å². The standard InChI is InChI=1S/C13H20N2O4S/c1-5-19-13(17)12-15-10(7-20-12)11(16)14-9(6-18-4)8(2)3/h7-9H,5-6H2,1-4H3,(H,14,16). The van der Waals surface area contributed by atoms with Crippen LogP contribution in [0.25, 0.3) is 0 Å². The number of thiazole rings is 1. The summed E-state index contributed by atoms with van der Waals surface area (Å²) in [5, 5.41) is 4.58. The molecule has 1 heterocycles. The highest BCUT2D eigenvalue weighted by Crippen LogP contribution is 2.12. The molecule has 1 atom stereocenters. The maximum absolute atomic E-state index is 12.1. The second-order valence-electron chi connectivity index (χ2n) is 4.54. The van der Waals surface area contributed by atoms with E-state index >= 15 is 0 Å². The lowest BCUT2D eigenvalue weighted by Gasteiger charge is -2.20. The Hall–Kier alpha value is -1.47. The molecule has 1 unspecified atom stereocenters. The fourth-order valence-electron chi connectivity index (χ4n) is 1.49. The zero-order valence-corrected chi connectivity index (χ0v) is 13.0. The first kappa shape index (κ1) is 16.6. The van der Waals surface area contributed by atoms with Crippen molar-refractivity contribution in [2.24, 2.45) is 5.92 Å². The molecule has 20 heavy (non-hydrogen) atoms. The van der Waals surface area contributed by atoms with Gasteiger partial charge in [0.05, 0.1) is 19.3 Å². The zero-order valence-electron chi connectivity index (χ0n) is 12.1. The van der Waals surface area contributed by atoms with Crippen LogP contribution in [0.15, 0.2) is 5.38 Å². The summed E-state index contributed by atoms with van der Waals surface area (Å²) in [5.74, 6) is -0.580. The number of amides is 1. The van der Waals surface area contributed by atoms with E-state index in [9.17, 15) is 9.59 Å². The first-order valence-electron chi connectivity index (χ1n) is 6.42. The zero-order chi connectivity index (χ0) is 15.1. The molecule has 1 amide bonds. The molecule has 0 fully saturated rings. The van der Waals surface area contributed by atoms with E-state index in [1.807, 2.05) is 13.8 Å². The van der Waals surface area contributed by atoms with E-state index in [1.54, 1.807) is 19.4 Å². The van der Waals surface area contributed by atoms with Crippen molar-refractivity contribution < 1.29 is 19.1 Å². The first-order valence-corrected chi connectivity index (χ1v) is 7.30. The van der Waals surface area contributed by atoms with Crippen LogP contribution in [0.5, 0.6) is 0 Å². The van der Waals surface area contributed by atoms with Gasteiger partial charge in [-0.3, -0.25) is 4.79 Å². The Balaban J connectivity index is 2.70. The van der Waals surface area contributed by atoms with Gasteiger partial charge in [-0.25, -0.2) is 9.78 Å². The summed E-state index contributed by atoms with van der Waals surface area (Å²) >= 11 is 1.10. The van der Waals surface area contributed by atoms with Crippen LogP contribution in [0.4, 0.5) is 0 Å². The van der Waals surface area contributed by atoms with Gasteiger partial charge in [-0.2, -0.15) is 0 Å². The Kier molecular flexibility index (Phi) is 6.60. The number of rotatable bonds is 7. The van der Waals surface area contributed by atoms with Gasteiger partial charge >= 0.3 is 5.97 Å². The number of nitrogens with zero attached hydrogens (tertiary/aromatic N) is 1. The van der Waals surface area contributed by atoms with Gasteiger partial charge in [0.1, 0.15) is 5.69 Å². The van der Waals surface area contributed by atoms with Crippen LogP contribution in [0.2, 0.25) is 0 Å². The number of hydrogen-bond donors (Lipinski definition) is 1. The maximum Gasteiger partial charge on any atom is 0.367 e. The largest absolute Gasteiger partial charge is 0.461 e. The molecule has 0 radical (unpaired) electrons. The van der Waals surface area contributed by atoms with E-state index in [-0.39, 0.29) is 35.2 Å². The molecule has 0 bridgehead atoms. The summed E-state index contributed by atoms with van der Waals surface area (Å²) in [4.78, 5) is 27.5. The lowest BCUT2D eigenvalue weighted by atomic mass is 10.1. The smallest absolute Gasteiger partial charge is 0.367 e. The number of ether oxygens (including phenoxy) is 2. The molecule has 0 saturated carbocycles. The van der Waals surface area contributed by atoms with Crippen LogP contribution in [0.3, 0.4) is 0 Å². The third kappa shape index (κ3) is 4.57. The van der Waals surface area contributed by atoms with Gasteiger partial charge in [0, 0.05) is 12.5 Å². The van der Waals surface area contributed by atoms with Crippen molar-refractivity contribution in [3.05, 3.63) is 16.1 Å². The third-order valence-electron chi connectivity index (χ3n) is 2.65. The highest BCUT2D eigenvalue weighted by atomic mass is 32.1. The molecular weight excluding hydrogens is 280 g/mol. The Morgan fingerprint density at radius 2 is 2.15 bits per heavy atom. The third-order valence-corrected chi connectivity index (χ3v) is 3.48. The molecule has 0 spiro atoms. The minimum Gasteiger partial charge on any atom is -0.461 e. The van der Waals surface area contributed by atoms with Crippen LogP contribution in [-0.4, -0.2) is 43.2 Å². The highest BCUT2D eigenvalue weighted by Gasteiger charge is 2.20. The normalized spacial score (nSPS) is 12.2. The minimum atomic E-state index is -0.506. The average molecular weight is 300 g/mol. The van der Waals surface area contributed by atoms with E-state index in [0.717, 1.165) is 11.3 Å². The molecular formula is C13H20N2O4S. The van der Waals surface area contributed by atoms with Gasteiger partial charge in [-0.05, 0) is 12.8 Å². The van der Waals surface area contributed by atoms with Crippen molar-refractivity contribution in [2.45, 2.75) is 26.8 Å². The molecule has 1 aromatic heterocycles. The van der Waals surface area contributed by atoms with Crippen molar-refractivity contribution in [1.82, 2.24) is 10.3 Å². The van der Waals surface area contributed by atoms with Crippen LogP contribution >= 0.6 is 11.3 Å². The summed E-state index contributed by atoms with van der Waals surface area (Å²) in [7, 11) is 1.59. The van der Waals surface area contributed by atoms with Crippen molar-refractivity contribution >= 4 is 23.2 Å². The van der Waals surface area contributed by atoms with Gasteiger partial charge < -0.3 is 14.8 Å². The molecule has 6 nitrogen and oxygen atoms in total. The summed E-state index contributed by atoms with van der Waals surface area (Å²) in [6, 6.07) is -0.0970. The van der Waals surface area contributed by atoms with Crippen molar-refractivity contribution in [2.75, 3.05) is 20.3 Å². The lowest BCUT2D eigenvalue weighted by Crippen LogP contribution is -2.41. The van der Waals surface area contributed by atoms with Gasteiger partial charge in [0.2, 0.25) is 5.01 Å². The molecule has 0 aliphatic rings. The molecule has 1 aromatic rings. The van der Waals surface area contributed by atoms with E-state index in [2.05, 4.69) is 10.3 Å². The number of carbonyl (C=O) groups excluding carboxylic acids is 2. The Labute approximate surface area is 122 Å². The van der Waals surface area contributed by atoms with E-state index < -0.39 is 5.97 Å². The number of aromatic nitrogens is 1. The van der Waals surface area contributed by atoms with Crippen LogP contribution in [-0.2, 0) is 9.47 Å². The van der Waals surface area contributed by atoms with Crippen LogP contribution < -0.4 is 5.32 Å². The second-order valence-corrected chi connectivity index (χ2v) is 5.40. The number of methoxy groups -OCH3 is 1. The quantitative estimate of drug-likeness (QED) is 0.776. The molecule has 1 rings (SSSR count). The predicted molar refractivity (Wildman–Crippen MR) is 76.0 cm³/mol. The van der Waals surface area contributed by atoms with Gasteiger partial charge in [0.15, 0.2) is 0 Å². The summed E-state index contributed by atoms with van der Waals surface area (Å²) in [6.07, 6.45) is 0. The second kappa shape index (κ2) is 7.96. The molecule has 0 aliphatic carbocycles. The fraction of sp³-hybridized carbons (Fsp3) is 0.615. The fourth-order valence-corrected chi connectivity index (χ4v) is 2.18. The lowest BCUT2D eigenvalue weighted by molar-refractivity contribution is 0.0526. The Morgan fingerprint density at radius 1 is 1.45 bits per heavy atom. The molecule has 0 aliphatic heterocycles. The molecule has 112 valence electrons. The first-order chi connectivity index (χ1) is 9.49. The number of nitrogens with one attached hydrogen (secondary N) is 1. The molecule has 7 heteroatoms. The molecule has 0 saturated heterocycles. The Bertz CT molecular complexity index is 459. The van der Waals surface area contributed by atoms with Gasteiger partial charge in [0.25, 0.3) is 5.91 Å². The summed E-state index contributed by atoms with van der Waals surface area (Å²) in [5.41, 5.74) is 0.222. The van der Waals surface area contributed by atoms with Crippen molar-refractivity contribution in [1.29, 1.82) is 0 Å². The SMILES string of the molecule is CCOC(=O)c1nc(C(=O)NC(COC)C(C)C)cs1. The number of carbonyl (C=O) groups is 2.